The molecule has 1 unspecified atom stereocenters. The van der Waals surface area contributed by atoms with Crippen LogP contribution in [0.15, 0.2) is 11.6 Å². The summed E-state index contributed by atoms with van der Waals surface area (Å²) < 4.78 is 0. The summed E-state index contributed by atoms with van der Waals surface area (Å²) in [5.41, 5.74) is 1.55. The Balaban J connectivity index is 1.73. The lowest BCUT2D eigenvalue weighted by molar-refractivity contribution is -0.127. The maximum Gasteiger partial charge on any atom is 0.237 e. The van der Waals surface area contributed by atoms with Crippen molar-refractivity contribution in [2.75, 3.05) is 19.6 Å². The van der Waals surface area contributed by atoms with Crippen molar-refractivity contribution in [1.29, 1.82) is 0 Å². The quantitative estimate of drug-likeness (QED) is 0.756. The number of allylic oxidation sites excluding steroid dienone is 1. The van der Waals surface area contributed by atoms with Crippen LogP contribution in [0.2, 0.25) is 0 Å². The van der Waals surface area contributed by atoms with E-state index in [1.54, 1.807) is 5.57 Å². The molecule has 1 saturated heterocycles. The summed E-state index contributed by atoms with van der Waals surface area (Å²) in [5.74, 6) is 0.259. The molecule has 0 radical (unpaired) electrons. The van der Waals surface area contributed by atoms with Gasteiger partial charge in [0.25, 0.3) is 0 Å². The Morgan fingerprint density at radius 3 is 3.00 bits per heavy atom. The molecule has 0 aromatic carbocycles. The molecule has 0 aromatic rings. The number of carbonyl (C=O) groups is 1. The topological polar surface area (TPSA) is 32.3 Å². The van der Waals surface area contributed by atoms with Gasteiger partial charge in [-0.3, -0.25) is 9.69 Å². The zero-order chi connectivity index (χ0) is 14.2. The lowest BCUT2D eigenvalue weighted by Crippen LogP contribution is -2.49. The van der Waals surface area contributed by atoms with Gasteiger partial charge in [-0.05, 0) is 64.5 Å². The smallest absolute Gasteiger partial charge is 0.237 e. The van der Waals surface area contributed by atoms with Gasteiger partial charge in [-0.1, -0.05) is 25.0 Å². The van der Waals surface area contributed by atoms with Crippen LogP contribution < -0.4 is 5.32 Å². The van der Waals surface area contributed by atoms with E-state index in [0.29, 0.717) is 0 Å². The number of rotatable bonds is 6. The lowest BCUT2D eigenvalue weighted by atomic mass is 9.97. The Bertz CT molecular complexity index is 336. The first-order valence-corrected chi connectivity index (χ1v) is 8.51. The van der Waals surface area contributed by atoms with Crippen molar-refractivity contribution in [2.45, 2.75) is 70.8 Å². The maximum absolute atomic E-state index is 12.4. The van der Waals surface area contributed by atoms with Gasteiger partial charge < -0.3 is 5.32 Å². The monoisotopic (exact) mass is 278 g/mol. The Hall–Kier alpha value is -0.830. The SMILES string of the molecule is CCCN1CCCCC1C(=O)NCCC1=CCCCC1. The first kappa shape index (κ1) is 15.6. The van der Waals surface area contributed by atoms with Gasteiger partial charge in [-0.2, -0.15) is 0 Å². The molecule has 0 bridgehead atoms. The van der Waals surface area contributed by atoms with Crippen molar-refractivity contribution >= 4 is 5.91 Å². The van der Waals surface area contributed by atoms with Gasteiger partial charge in [-0.25, -0.2) is 0 Å². The first-order chi connectivity index (χ1) is 9.81. The summed E-state index contributed by atoms with van der Waals surface area (Å²) in [6.45, 7) is 5.17. The number of piperidine rings is 1. The van der Waals surface area contributed by atoms with Crippen LogP contribution in [0.4, 0.5) is 0 Å². The van der Waals surface area contributed by atoms with Crippen LogP contribution in [-0.4, -0.2) is 36.5 Å². The molecule has 1 fully saturated rings. The number of nitrogens with zero attached hydrogens (tertiary/aromatic N) is 1. The zero-order valence-electron chi connectivity index (χ0n) is 13.0. The molecule has 2 aliphatic rings. The van der Waals surface area contributed by atoms with Gasteiger partial charge in [0.15, 0.2) is 0 Å². The van der Waals surface area contributed by atoms with Crippen molar-refractivity contribution in [1.82, 2.24) is 10.2 Å². The Morgan fingerprint density at radius 1 is 1.35 bits per heavy atom. The summed E-state index contributed by atoms with van der Waals surface area (Å²) in [6.07, 6.45) is 13.2. The van der Waals surface area contributed by atoms with Crippen molar-refractivity contribution in [3.05, 3.63) is 11.6 Å². The zero-order valence-corrected chi connectivity index (χ0v) is 13.0. The number of carbonyl (C=O) groups excluding carboxylic acids is 1. The Labute approximate surface area is 123 Å². The van der Waals surface area contributed by atoms with Crippen molar-refractivity contribution < 1.29 is 4.79 Å². The second-order valence-electron chi connectivity index (χ2n) is 6.20. The minimum absolute atomic E-state index is 0.129. The van der Waals surface area contributed by atoms with Crippen LogP contribution in [0, 0.1) is 0 Å². The molecule has 3 nitrogen and oxygen atoms in total. The summed E-state index contributed by atoms with van der Waals surface area (Å²) in [4.78, 5) is 14.7. The second kappa shape index (κ2) is 8.46. The van der Waals surface area contributed by atoms with E-state index in [4.69, 9.17) is 0 Å². The highest BCUT2D eigenvalue weighted by Gasteiger charge is 2.27. The molecule has 3 heteroatoms. The normalized spacial score (nSPS) is 24.2. The van der Waals surface area contributed by atoms with E-state index in [-0.39, 0.29) is 11.9 Å². The summed E-state index contributed by atoms with van der Waals surface area (Å²) >= 11 is 0. The molecule has 1 atom stereocenters. The summed E-state index contributed by atoms with van der Waals surface area (Å²) in [5, 5.41) is 3.17. The molecular weight excluding hydrogens is 248 g/mol. The average Bonchev–Trinajstić information content (AvgIpc) is 2.49. The summed E-state index contributed by atoms with van der Waals surface area (Å²) in [6, 6.07) is 0.129. The van der Waals surface area contributed by atoms with Crippen LogP contribution in [0.3, 0.4) is 0 Å². The number of amides is 1. The minimum atomic E-state index is 0.129. The van der Waals surface area contributed by atoms with Crippen LogP contribution in [0.1, 0.15) is 64.7 Å². The number of hydrogen-bond donors (Lipinski definition) is 1. The van der Waals surface area contributed by atoms with E-state index >= 15 is 0 Å². The van der Waals surface area contributed by atoms with E-state index in [1.807, 2.05) is 0 Å². The molecule has 1 heterocycles. The molecule has 1 amide bonds. The molecule has 0 saturated carbocycles. The number of likely N-dealkylation sites (tertiary alicyclic amines) is 1. The average molecular weight is 278 g/mol. The maximum atomic E-state index is 12.4. The van der Waals surface area contributed by atoms with Gasteiger partial charge >= 0.3 is 0 Å². The highest BCUT2D eigenvalue weighted by Crippen LogP contribution is 2.20. The molecular formula is C17H30N2O. The van der Waals surface area contributed by atoms with Gasteiger partial charge in [0, 0.05) is 6.54 Å². The largest absolute Gasteiger partial charge is 0.354 e. The highest BCUT2D eigenvalue weighted by atomic mass is 16.2. The first-order valence-electron chi connectivity index (χ1n) is 8.51. The molecule has 20 heavy (non-hydrogen) atoms. The van der Waals surface area contributed by atoms with Crippen molar-refractivity contribution in [3.63, 3.8) is 0 Å². The fraction of sp³-hybridized carbons (Fsp3) is 0.824. The molecule has 1 aliphatic heterocycles. The van der Waals surface area contributed by atoms with Crippen LogP contribution in [-0.2, 0) is 4.79 Å². The standard InChI is InChI=1S/C17H30N2O/c1-2-13-19-14-7-6-10-16(19)17(20)18-12-11-15-8-4-3-5-9-15/h8,16H,2-7,9-14H2,1H3,(H,18,20). The van der Waals surface area contributed by atoms with Gasteiger partial charge in [0.05, 0.1) is 6.04 Å². The van der Waals surface area contributed by atoms with Crippen molar-refractivity contribution in [2.24, 2.45) is 0 Å². The van der Waals surface area contributed by atoms with E-state index in [0.717, 1.165) is 38.9 Å². The molecule has 2 rings (SSSR count). The van der Waals surface area contributed by atoms with E-state index in [1.165, 1.54) is 38.5 Å². The predicted molar refractivity (Wildman–Crippen MR) is 83.7 cm³/mol. The van der Waals surface area contributed by atoms with Crippen LogP contribution >= 0.6 is 0 Å². The van der Waals surface area contributed by atoms with Gasteiger partial charge in [0.2, 0.25) is 5.91 Å². The Kier molecular flexibility index (Phi) is 6.58. The van der Waals surface area contributed by atoms with E-state index in [2.05, 4.69) is 23.2 Å². The van der Waals surface area contributed by atoms with Crippen molar-refractivity contribution in [3.8, 4) is 0 Å². The molecule has 0 aromatic heterocycles. The van der Waals surface area contributed by atoms with Gasteiger partial charge in [0.1, 0.15) is 0 Å². The van der Waals surface area contributed by atoms with E-state index < -0.39 is 0 Å². The fourth-order valence-electron chi connectivity index (χ4n) is 3.44. The lowest BCUT2D eigenvalue weighted by Gasteiger charge is -2.34. The van der Waals surface area contributed by atoms with E-state index in [9.17, 15) is 4.79 Å². The van der Waals surface area contributed by atoms with Crippen LogP contribution in [0.5, 0.6) is 0 Å². The van der Waals surface area contributed by atoms with Gasteiger partial charge in [-0.15, -0.1) is 0 Å². The Morgan fingerprint density at radius 2 is 2.25 bits per heavy atom. The summed E-state index contributed by atoms with van der Waals surface area (Å²) in [7, 11) is 0. The minimum Gasteiger partial charge on any atom is -0.354 e. The molecule has 0 spiro atoms. The number of nitrogens with one attached hydrogen (secondary N) is 1. The molecule has 1 N–H and O–H groups in total. The third-order valence-corrected chi connectivity index (χ3v) is 4.56. The third-order valence-electron chi connectivity index (χ3n) is 4.56. The van der Waals surface area contributed by atoms with Crippen LogP contribution in [0.25, 0.3) is 0 Å². The molecule has 1 aliphatic carbocycles. The molecule has 114 valence electrons. The number of hydrogen-bond acceptors (Lipinski definition) is 2. The highest BCUT2D eigenvalue weighted by molar-refractivity contribution is 5.81. The third kappa shape index (κ3) is 4.62. The predicted octanol–water partition coefficient (Wildman–Crippen LogP) is 3.26. The fourth-order valence-corrected chi connectivity index (χ4v) is 3.44. The second-order valence-corrected chi connectivity index (χ2v) is 6.20.